The second kappa shape index (κ2) is 5.69. The van der Waals surface area contributed by atoms with E-state index in [-0.39, 0.29) is 24.4 Å². The molecule has 1 unspecified atom stereocenters. The Hall–Kier alpha value is -1.10. The molecule has 1 N–H and O–H groups in total. The summed E-state index contributed by atoms with van der Waals surface area (Å²) in [7, 11) is 0. The van der Waals surface area contributed by atoms with Crippen LogP contribution in [-0.4, -0.2) is 59.9 Å². The van der Waals surface area contributed by atoms with Gasteiger partial charge in [0.1, 0.15) is 6.04 Å². The maximum absolute atomic E-state index is 12.2. The highest BCUT2D eigenvalue weighted by Gasteiger charge is 2.41. The van der Waals surface area contributed by atoms with Gasteiger partial charge in [-0.15, -0.1) is 0 Å². The largest absolute Gasteiger partial charge is 0.332 e. The van der Waals surface area contributed by atoms with Gasteiger partial charge in [-0.25, -0.2) is 0 Å². The van der Waals surface area contributed by atoms with Gasteiger partial charge in [0.15, 0.2) is 0 Å². The fourth-order valence-corrected chi connectivity index (χ4v) is 2.71. The van der Waals surface area contributed by atoms with Gasteiger partial charge in [-0.2, -0.15) is 0 Å². The van der Waals surface area contributed by atoms with E-state index in [1.54, 1.807) is 9.80 Å². The molecule has 2 heterocycles. The second-order valence-electron chi connectivity index (χ2n) is 5.47. The lowest BCUT2D eigenvalue weighted by molar-refractivity contribution is -0.153. The first kappa shape index (κ1) is 13.3. The van der Waals surface area contributed by atoms with Crippen molar-refractivity contribution < 1.29 is 9.59 Å². The van der Waals surface area contributed by atoms with Gasteiger partial charge < -0.3 is 15.1 Å². The first-order valence-corrected chi connectivity index (χ1v) is 6.91. The molecule has 2 amide bonds. The van der Waals surface area contributed by atoms with Gasteiger partial charge in [-0.1, -0.05) is 13.8 Å². The molecule has 0 spiro atoms. The normalized spacial score (nSPS) is 24.1. The molecule has 0 bridgehead atoms. The van der Waals surface area contributed by atoms with Crippen LogP contribution in [0, 0.1) is 0 Å². The van der Waals surface area contributed by atoms with Gasteiger partial charge in [0.25, 0.3) is 0 Å². The molecule has 2 rings (SSSR count). The third-order valence-corrected chi connectivity index (χ3v) is 3.65. The van der Waals surface area contributed by atoms with E-state index < -0.39 is 0 Å². The van der Waals surface area contributed by atoms with Crippen LogP contribution in [0.4, 0.5) is 0 Å². The van der Waals surface area contributed by atoms with Gasteiger partial charge >= 0.3 is 0 Å². The standard InChI is InChI=1S/C13H23N3O2/c1-10(2)14-6-4-7-15-9-12(17)16-8-3-5-11(16)13(15)18/h10-11,14H,3-9H2,1-2H3. The molecule has 0 aromatic heterocycles. The Morgan fingerprint density at radius 1 is 1.39 bits per heavy atom. The number of carbonyl (C=O) groups is 2. The van der Waals surface area contributed by atoms with Crippen LogP contribution in [0.2, 0.25) is 0 Å². The molecular formula is C13H23N3O2. The monoisotopic (exact) mass is 253 g/mol. The first-order valence-electron chi connectivity index (χ1n) is 6.91. The summed E-state index contributed by atoms with van der Waals surface area (Å²) >= 11 is 0. The van der Waals surface area contributed by atoms with Crippen molar-refractivity contribution in [3.8, 4) is 0 Å². The summed E-state index contributed by atoms with van der Waals surface area (Å²) in [6.45, 7) is 6.83. The minimum atomic E-state index is -0.163. The highest BCUT2D eigenvalue weighted by molar-refractivity contribution is 5.95. The van der Waals surface area contributed by atoms with Gasteiger partial charge in [0.05, 0.1) is 6.54 Å². The van der Waals surface area contributed by atoms with Crippen molar-refractivity contribution in [1.29, 1.82) is 0 Å². The van der Waals surface area contributed by atoms with E-state index in [2.05, 4.69) is 19.2 Å². The van der Waals surface area contributed by atoms with E-state index in [1.165, 1.54) is 0 Å². The fourth-order valence-electron chi connectivity index (χ4n) is 2.71. The number of hydrogen-bond donors (Lipinski definition) is 1. The Morgan fingerprint density at radius 3 is 2.89 bits per heavy atom. The average molecular weight is 253 g/mol. The molecule has 2 aliphatic rings. The Kier molecular flexibility index (Phi) is 4.22. The molecule has 18 heavy (non-hydrogen) atoms. The highest BCUT2D eigenvalue weighted by atomic mass is 16.2. The fraction of sp³-hybridized carbons (Fsp3) is 0.846. The van der Waals surface area contributed by atoms with E-state index in [0.717, 1.165) is 32.4 Å². The molecule has 5 nitrogen and oxygen atoms in total. The minimum Gasteiger partial charge on any atom is -0.332 e. The first-order chi connectivity index (χ1) is 8.59. The highest BCUT2D eigenvalue weighted by Crippen LogP contribution is 2.23. The van der Waals surface area contributed by atoms with Gasteiger partial charge in [-0.3, -0.25) is 9.59 Å². The number of piperazine rings is 1. The van der Waals surface area contributed by atoms with Crippen LogP contribution < -0.4 is 5.32 Å². The number of amides is 2. The Balaban J connectivity index is 1.82. The van der Waals surface area contributed by atoms with E-state index in [0.29, 0.717) is 12.6 Å². The summed E-state index contributed by atoms with van der Waals surface area (Å²) in [6, 6.07) is 0.304. The number of fused-ring (bicyclic) bond motifs is 1. The second-order valence-corrected chi connectivity index (χ2v) is 5.47. The predicted molar refractivity (Wildman–Crippen MR) is 69.1 cm³/mol. The molecule has 0 aromatic carbocycles. The molecule has 2 saturated heterocycles. The average Bonchev–Trinajstić information content (AvgIpc) is 2.80. The number of nitrogens with zero attached hydrogens (tertiary/aromatic N) is 2. The zero-order chi connectivity index (χ0) is 13.1. The number of hydrogen-bond acceptors (Lipinski definition) is 3. The van der Waals surface area contributed by atoms with Crippen LogP contribution in [0.5, 0.6) is 0 Å². The van der Waals surface area contributed by atoms with Crippen molar-refractivity contribution >= 4 is 11.8 Å². The smallest absolute Gasteiger partial charge is 0.245 e. The van der Waals surface area contributed by atoms with Crippen LogP contribution in [0.3, 0.4) is 0 Å². The third-order valence-electron chi connectivity index (χ3n) is 3.65. The number of carbonyl (C=O) groups excluding carboxylic acids is 2. The molecule has 5 heteroatoms. The lowest BCUT2D eigenvalue weighted by atomic mass is 10.1. The van der Waals surface area contributed by atoms with Crippen molar-refractivity contribution in [3.63, 3.8) is 0 Å². The summed E-state index contributed by atoms with van der Waals surface area (Å²) in [5.74, 6) is 0.269. The molecule has 2 fully saturated rings. The van der Waals surface area contributed by atoms with E-state index in [1.807, 2.05) is 0 Å². The van der Waals surface area contributed by atoms with Crippen LogP contribution in [0.15, 0.2) is 0 Å². The Bertz CT molecular complexity index is 330. The topological polar surface area (TPSA) is 52.7 Å². The number of nitrogens with one attached hydrogen (secondary N) is 1. The molecule has 0 saturated carbocycles. The maximum Gasteiger partial charge on any atom is 0.245 e. The lowest BCUT2D eigenvalue weighted by Crippen LogP contribution is -2.57. The van der Waals surface area contributed by atoms with E-state index in [9.17, 15) is 9.59 Å². The predicted octanol–water partition coefficient (Wildman–Crippen LogP) is 0.208. The summed E-state index contributed by atoms with van der Waals surface area (Å²) in [6.07, 6.45) is 2.71. The van der Waals surface area contributed by atoms with Crippen molar-refractivity contribution in [1.82, 2.24) is 15.1 Å². The maximum atomic E-state index is 12.2. The summed E-state index contributed by atoms with van der Waals surface area (Å²) in [5.41, 5.74) is 0. The van der Waals surface area contributed by atoms with Gasteiger partial charge in [0.2, 0.25) is 11.8 Å². The number of rotatable bonds is 5. The van der Waals surface area contributed by atoms with Crippen LogP contribution in [0.1, 0.15) is 33.1 Å². The van der Waals surface area contributed by atoms with Gasteiger partial charge in [0, 0.05) is 19.1 Å². The third kappa shape index (κ3) is 2.83. The Labute approximate surface area is 108 Å². The van der Waals surface area contributed by atoms with Crippen molar-refractivity contribution in [2.24, 2.45) is 0 Å². The van der Waals surface area contributed by atoms with Crippen molar-refractivity contribution in [2.75, 3.05) is 26.2 Å². The lowest BCUT2D eigenvalue weighted by Gasteiger charge is -2.36. The molecule has 0 aromatic rings. The quantitative estimate of drug-likeness (QED) is 0.713. The molecule has 0 radical (unpaired) electrons. The van der Waals surface area contributed by atoms with Crippen LogP contribution in [-0.2, 0) is 9.59 Å². The molecular weight excluding hydrogens is 230 g/mol. The Morgan fingerprint density at radius 2 is 2.17 bits per heavy atom. The van der Waals surface area contributed by atoms with Crippen LogP contribution >= 0.6 is 0 Å². The molecule has 1 atom stereocenters. The van der Waals surface area contributed by atoms with Gasteiger partial charge in [-0.05, 0) is 25.8 Å². The summed E-state index contributed by atoms with van der Waals surface area (Å²) in [4.78, 5) is 27.6. The molecule has 102 valence electrons. The van der Waals surface area contributed by atoms with Crippen molar-refractivity contribution in [3.05, 3.63) is 0 Å². The van der Waals surface area contributed by atoms with E-state index in [4.69, 9.17) is 0 Å². The summed E-state index contributed by atoms with van der Waals surface area (Å²) < 4.78 is 0. The zero-order valence-corrected chi connectivity index (χ0v) is 11.3. The zero-order valence-electron chi connectivity index (χ0n) is 11.3. The van der Waals surface area contributed by atoms with Crippen LogP contribution in [0.25, 0.3) is 0 Å². The van der Waals surface area contributed by atoms with E-state index >= 15 is 0 Å². The SMILES string of the molecule is CC(C)NCCCN1CC(=O)N2CCCC2C1=O. The van der Waals surface area contributed by atoms with Crippen molar-refractivity contribution in [2.45, 2.75) is 45.2 Å². The molecule has 2 aliphatic heterocycles. The molecule has 0 aliphatic carbocycles. The summed E-state index contributed by atoms with van der Waals surface area (Å²) in [5, 5.41) is 3.32. The minimum absolute atomic E-state index is 0.119.